The van der Waals surface area contributed by atoms with E-state index < -0.39 is 40.3 Å². The van der Waals surface area contributed by atoms with Crippen LogP contribution in [0.25, 0.3) is 0 Å². The lowest BCUT2D eigenvalue weighted by molar-refractivity contribution is -0.134. The highest BCUT2D eigenvalue weighted by atomic mass is 16.6. The fourth-order valence-electron chi connectivity index (χ4n) is 2.99. The third kappa shape index (κ3) is 0.851. The number of aliphatic carboxylic acids is 1. The van der Waals surface area contributed by atoms with Gasteiger partial charge in [-0.25, -0.2) is 4.79 Å². The number of imide groups is 1. The first-order valence-electron chi connectivity index (χ1n) is 5.22. The van der Waals surface area contributed by atoms with Gasteiger partial charge >= 0.3 is 5.97 Å². The quantitative estimate of drug-likeness (QED) is 0.536. The molecule has 3 rings (SSSR count). The van der Waals surface area contributed by atoms with Crippen molar-refractivity contribution in [3.63, 3.8) is 0 Å². The van der Waals surface area contributed by atoms with E-state index in [0.29, 0.717) is 0 Å². The standard InChI is InChI=1S/C11H9NO6/c1-10-3-4(8(15)12-7(3)14)11(2,18-10)6(13)5(10)9(16)17/h13H,1-2H3,(H,16,17)(H,12,14,15). The van der Waals surface area contributed by atoms with Gasteiger partial charge in [0.1, 0.15) is 16.9 Å². The topological polar surface area (TPSA) is 113 Å². The minimum atomic E-state index is -1.59. The van der Waals surface area contributed by atoms with Gasteiger partial charge in [0.15, 0.2) is 5.60 Å². The van der Waals surface area contributed by atoms with Crippen molar-refractivity contribution >= 4 is 17.8 Å². The fraction of sp³-hybridized carbons (Fsp3) is 0.364. The zero-order valence-electron chi connectivity index (χ0n) is 9.53. The lowest BCUT2D eigenvalue weighted by Gasteiger charge is -2.23. The molecule has 0 aromatic rings. The Morgan fingerprint density at radius 1 is 1.17 bits per heavy atom. The van der Waals surface area contributed by atoms with Crippen LogP contribution in [0.5, 0.6) is 0 Å². The largest absolute Gasteiger partial charge is 0.508 e. The van der Waals surface area contributed by atoms with Crippen molar-refractivity contribution in [3.8, 4) is 0 Å². The fourth-order valence-corrected chi connectivity index (χ4v) is 2.99. The monoisotopic (exact) mass is 251 g/mol. The molecular formula is C11H9NO6. The molecule has 3 N–H and O–H groups in total. The summed E-state index contributed by atoms with van der Waals surface area (Å²) in [5, 5.41) is 21.2. The molecule has 2 amide bonds. The molecule has 0 saturated heterocycles. The van der Waals surface area contributed by atoms with Crippen molar-refractivity contribution < 1.29 is 29.3 Å². The molecule has 3 aliphatic rings. The van der Waals surface area contributed by atoms with Crippen LogP contribution < -0.4 is 5.32 Å². The molecule has 2 atom stereocenters. The SMILES string of the molecule is CC12OC(C)(C(C(=O)O)=C1O)C1=C2C(=O)NC1=O. The Labute approximate surface area is 101 Å². The van der Waals surface area contributed by atoms with Crippen molar-refractivity contribution in [1.82, 2.24) is 5.32 Å². The molecular weight excluding hydrogens is 242 g/mol. The van der Waals surface area contributed by atoms with Crippen LogP contribution in [0, 0.1) is 0 Å². The molecule has 3 aliphatic heterocycles. The maximum Gasteiger partial charge on any atom is 0.338 e. The second kappa shape index (κ2) is 2.64. The zero-order chi connectivity index (χ0) is 13.5. The van der Waals surface area contributed by atoms with Gasteiger partial charge in [-0.1, -0.05) is 0 Å². The first-order valence-corrected chi connectivity index (χ1v) is 5.22. The molecule has 0 aromatic heterocycles. The highest BCUT2D eigenvalue weighted by Gasteiger charge is 2.69. The Morgan fingerprint density at radius 2 is 1.67 bits per heavy atom. The number of aliphatic hydroxyl groups excluding tert-OH is 1. The molecule has 0 radical (unpaired) electrons. The molecule has 7 nitrogen and oxygen atoms in total. The van der Waals surface area contributed by atoms with Gasteiger partial charge in [-0.3, -0.25) is 14.9 Å². The normalized spacial score (nSPS) is 37.4. The van der Waals surface area contributed by atoms with Gasteiger partial charge in [-0.2, -0.15) is 0 Å². The Morgan fingerprint density at radius 3 is 2.17 bits per heavy atom. The number of ether oxygens (including phenoxy) is 1. The van der Waals surface area contributed by atoms with Crippen LogP contribution in [0.15, 0.2) is 22.5 Å². The van der Waals surface area contributed by atoms with Crippen molar-refractivity contribution in [3.05, 3.63) is 22.5 Å². The smallest absolute Gasteiger partial charge is 0.338 e. The predicted molar refractivity (Wildman–Crippen MR) is 55.4 cm³/mol. The Hall–Kier alpha value is -2.15. The summed E-state index contributed by atoms with van der Waals surface area (Å²) in [6.07, 6.45) is 0. The number of amides is 2. The molecule has 3 heterocycles. The maximum absolute atomic E-state index is 11.7. The molecule has 0 spiro atoms. The first-order chi connectivity index (χ1) is 8.23. The summed E-state index contributed by atoms with van der Waals surface area (Å²) in [5.41, 5.74) is -3.57. The number of fused-ring (bicyclic) bond motifs is 4. The van der Waals surface area contributed by atoms with E-state index in [1.165, 1.54) is 13.8 Å². The average Bonchev–Trinajstić information content (AvgIpc) is 2.71. The van der Waals surface area contributed by atoms with E-state index in [4.69, 9.17) is 9.84 Å². The van der Waals surface area contributed by atoms with Crippen LogP contribution >= 0.6 is 0 Å². The van der Waals surface area contributed by atoms with E-state index in [1.807, 2.05) is 0 Å². The van der Waals surface area contributed by atoms with Crippen molar-refractivity contribution in [2.45, 2.75) is 25.0 Å². The van der Waals surface area contributed by atoms with Crippen molar-refractivity contribution in [2.24, 2.45) is 0 Å². The summed E-state index contributed by atoms with van der Waals surface area (Å²) < 4.78 is 5.48. The third-order valence-corrected chi connectivity index (χ3v) is 3.67. The predicted octanol–water partition coefficient (Wildman–Crippen LogP) is -0.603. The van der Waals surface area contributed by atoms with Crippen LogP contribution in [0.1, 0.15) is 13.8 Å². The van der Waals surface area contributed by atoms with Gasteiger partial charge in [0.25, 0.3) is 11.8 Å². The molecule has 2 unspecified atom stereocenters. The van der Waals surface area contributed by atoms with E-state index in [2.05, 4.69) is 5.32 Å². The van der Waals surface area contributed by atoms with Crippen LogP contribution in [0.4, 0.5) is 0 Å². The summed E-state index contributed by atoms with van der Waals surface area (Å²) in [6.45, 7) is 2.73. The number of nitrogens with one attached hydrogen (secondary N) is 1. The third-order valence-electron chi connectivity index (χ3n) is 3.67. The average molecular weight is 251 g/mol. The summed E-state index contributed by atoms with van der Waals surface area (Å²) in [4.78, 5) is 34.6. The van der Waals surface area contributed by atoms with Crippen LogP contribution in [0.3, 0.4) is 0 Å². The summed E-state index contributed by atoms with van der Waals surface area (Å²) in [6, 6.07) is 0. The number of hydrogen-bond acceptors (Lipinski definition) is 5. The van der Waals surface area contributed by atoms with Gasteiger partial charge in [0.2, 0.25) is 0 Å². The van der Waals surface area contributed by atoms with E-state index in [0.717, 1.165) is 0 Å². The Balaban J connectivity index is 2.33. The highest BCUT2D eigenvalue weighted by Crippen LogP contribution is 2.57. The van der Waals surface area contributed by atoms with Crippen LogP contribution in [0.2, 0.25) is 0 Å². The summed E-state index contributed by atoms with van der Waals surface area (Å²) in [7, 11) is 0. The minimum absolute atomic E-state index is 0.00231. The maximum atomic E-state index is 11.7. The van der Waals surface area contributed by atoms with Gasteiger partial charge in [-0.15, -0.1) is 0 Å². The number of carbonyl (C=O) groups excluding carboxylic acids is 2. The number of carboxylic acids is 1. The molecule has 7 heteroatoms. The van der Waals surface area contributed by atoms with Gasteiger partial charge < -0.3 is 14.9 Å². The minimum Gasteiger partial charge on any atom is -0.508 e. The Bertz CT molecular complexity index is 615. The number of aliphatic hydroxyl groups is 1. The molecule has 94 valence electrons. The van der Waals surface area contributed by atoms with Crippen molar-refractivity contribution in [1.29, 1.82) is 0 Å². The molecule has 0 fully saturated rings. The first kappa shape index (κ1) is 11.0. The molecule has 0 aliphatic carbocycles. The summed E-state index contributed by atoms with van der Waals surface area (Å²) in [5.74, 6) is -3.23. The molecule has 18 heavy (non-hydrogen) atoms. The van der Waals surface area contributed by atoms with Crippen molar-refractivity contribution in [2.75, 3.05) is 0 Å². The molecule has 2 bridgehead atoms. The van der Waals surface area contributed by atoms with E-state index in [9.17, 15) is 19.5 Å². The van der Waals surface area contributed by atoms with E-state index >= 15 is 0 Å². The van der Waals surface area contributed by atoms with Gasteiger partial charge in [0.05, 0.1) is 11.1 Å². The lowest BCUT2D eigenvalue weighted by Crippen LogP contribution is -2.39. The van der Waals surface area contributed by atoms with Gasteiger partial charge in [0, 0.05) is 0 Å². The number of carbonyl (C=O) groups is 3. The van der Waals surface area contributed by atoms with E-state index in [1.54, 1.807) is 0 Å². The Kier molecular flexibility index (Phi) is 1.61. The van der Waals surface area contributed by atoms with Crippen LogP contribution in [-0.4, -0.2) is 39.2 Å². The van der Waals surface area contributed by atoms with Crippen LogP contribution in [-0.2, 0) is 19.1 Å². The number of rotatable bonds is 1. The van der Waals surface area contributed by atoms with E-state index in [-0.39, 0.29) is 11.1 Å². The number of hydrogen-bond donors (Lipinski definition) is 3. The second-order valence-corrected chi connectivity index (χ2v) is 4.73. The number of carboxylic acid groups (broad SMARTS) is 1. The summed E-state index contributed by atoms with van der Waals surface area (Å²) >= 11 is 0. The van der Waals surface area contributed by atoms with Gasteiger partial charge in [-0.05, 0) is 13.8 Å². The highest BCUT2D eigenvalue weighted by molar-refractivity contribution is 6.24. The molecule has 0 aromatic carbocycles. The molecule has 0 saturated carbocycles. The zero-order valence-corrected chi connectivity index (χ0v) is 9.53. The second-order valence-electron chi connectivity index (χ2n) is 4.73. The lowest BCUT2D eigenvalue weighted by atomic mass is 9.78.